The van der Waals surface area contributed by atoms with Gasteiger partial charge in [-0.05, 0) is 37.7 Å². The van der Waals surface area contributed by atoms with Gasteiger partial charge in [0.25, 0.3) is 0 Å². The molecule has 0 aliphatic heterocycles. The number of hydrogen-bond acceptors (Lipinski definition) is 4. The molecule has 0 saturated carbocycles. The monoisotopic (exact) mass is 374 g/mol. The van der Waals surface area contributed by atoms with E-state index in [4.69, 9.17) is 16.6 Å². The van der Waals surface area contributed by atoms with Gasteiger partial charge in [0.15, 0.2) is 0 Å². The van der Waals surface area contributed by atoms with Gasteiger partial charge in [0.1, 0.15) is 5.01 Å². The first kappa shape index (κ1) is 17.5. The summed E-state index contributed by atoms with van der Waals surface area (Å²) < 4.78 is 0. The lowest BCUT2D eigenvalue weighted by Crippen LogP contribution is -2.11. The van der Waals surface area contributed by atoms with Gasteiger partial charge in [-0.1, -0.05) is 41.9 Å². The van der Waals surface area contributed by atoms with Crippen LogP contribution >= 0.6 is 34.7 Å². The van der Waals surface area contributed by atoms with Gasteiger partial charge in [0.2, 0.25) is 0 Å². The van der Waals surface area contributed by atoms with Gasteiger partial charge in [-0.3, -0.25) is 0 Å². The van der Waals surface area contributed by atoms with Crippen molar-refractivity contribution in [2.45, 2.75) is 23.6 Å². The van der Waals surface area contributed by atoms with Crippen LogP contribution in [0.25, 0.3) is 11.3 Å². The van der Waals surface area contributed by atoms with Crippen molar-refractivity contribution >= 4 is 34.7 Å². The molecule has 1 heterocycles. The number of thioether (sulfide) groups is 1. The Balaban J connectivity index is 1.87. The van der Waals surface area contributed by atoms with Crippen molar-refractivity contribution < 1.29 is 0 Å². The number of hydrogen-bond donors (Lipinski definition) is 1. The minimum Gasteiger partial charge on any atom is -0.311 e. The van der Waals surface area contributed by atoms with E-state index in [0.717, 1.165) is 27.0 Å². The molecule has 1 unspecified atom stereocenters. The maximum Gasteiger partial charge on any atom is 0.110 e. The Morgan fingerprint density at radius 3 is 2.75 bits per heavy atom. The van der Waals surface area contributed by atoms with Crippen LogP contribution in [0.5, 0.6) is 0 Å². The fourth-order valence-corrected chi connectivity index (χ4v) is 4.35. The predicted molar refractivity (Wildman–Crippen MR) is 106 cm³/mol. The highest BCUT2D eigenvalue weighted by molar-refractivity contribution is 7.98. The molecule has 1 N–H and O–H groups in total. The Kier molecular flexibility index (Phi) is 5.95. The highest BCUT2D eigenvalue weighted by Crippen LogP contribution is 2.36. The van der Waals surface area contributed by atoms with Gasteiger partial charge in [-0.25, -0.2) is 4.98 Å². The number of nitrogens with one attached hydrogen (secondary N) is 1. The van der Waals surface area contributed by atoms with E-state index in [1.807, 2.05) is 37.0 Å². The van der Waals surface area contributed by atoms with Gasteiger partial charge in [0.05, 0.1) is 11.7 Å². The van der Waals surface area contributed by atoms with Crippen molar-refractivity contribution in [3.8, 4) is 11.3 Å². The Hall–Kier alpha value is -1.33. The van der Waals surface area contributed by atoms with E-state index in [0.29, 0.717) is 0 Å². The summed E-state index contributed by atoms with van der Waals surface area (Å²) in [4.78, 5) is 6.00. The second-order valence-corrected chi connectivity index (χ2v) is 7.84. The second kappa shape index (κ2) is 8.17. The van der Waals surface area contributed by atoms with Gasteiger partial charge >= 0.3 is 0 Å². The zero-order chi connectivity index (χ0) is 16.9. The van der Waals surface area contributed by atoms with Crippen LogP contribution in [0.4, 0.5) is 0 Å². The summed E-state index contributed by atoms with van der Waals surface area (Å²) in [6.07, 6.45) is 0. The van der Waals surface area contributed by atoms with Crippen molar-refractivity contribution in [3.05, 3.63) is 69.5 Å². The molecule has 3 aromatic rings. The molecule has 0 aliphatic rings. The number of benzene rings is 2. The van der Waals surface area contributed by atoms with E-state index >= 15 is 0 Å². The molecule has 0 saturated heterocycles. The van der Waals surface area contributed by atoms with E-state index in [9.17, 15) is 0 Å². The number of halogens is 1. The van der Waals surface area contributed by atoms with Crippen molar-refractivity contribution in [1.82, 2.24) is 10.3 Å². The summed E-state index contributed by atoms with van der Waals surface area (Å²) in [6.45, 7) is 2.12. The third-order valence-corrected chi connectivity index (χ3v) is 6.19. The average Bonchev–Trinajstić information content (AvgIpc) is 3.11. The predicted octanol–water partition coefficient (Wildman–Crippen LogP) is 6.04. The molecule has 124 valence electrons. The lowest BCUT2D eigenvalue weighted by Gasteiger charge is -2.09. The van der Waals surface area contributed by atoms with Crippen molar-refractivity contribution in [2.75, 3.05) is 7.05 Å². The average molecular weight is 375 g/mol. The SMILES string of the molecule is CNC(C)c1nc(-c2cc(Cl)ccc2SCc2ccccc2)cs1. The number of rotatable bonds is 6. The summed E-state index contributed by atoms with van der Waals surface area (Å²) in [5, 5.41) is 7.18. The molecule has 0 bridgehead atoms. The standard InChI is InChI=1S/C19H19ClN2S2/c1-13(21-2)19-22-17(12-24-19)16-10-15(20)8-9-18(16)23-11-14-6-4-3-5-7-14/h3-10,12-13,21H,11H2,1-2H3. The first-order chi connectivity index (χ1) is 11.7. The van der Waals surface area contributed by atoms with E-state index in [-0.39, 0.29) is 6.04 Å². The summed E-state index contributed by atoms with van der Waals surface area (Å²) >= 11 is 9.73. The highest BCUT2D eigenvalue weighted by atomic mass is 35.5. The Bertz CT molecular complexity index is 802. The molecule has 0 aliphatic carbocycles. The Labute approximate surface area is 156 Å². The number of nitrogens with zero attached hydrogens (tertiary/aromatic N) is 1. The molecule has 1 atom stereocenters. The smallest absolute Gasteiger partial charge is 0.110 e. The molecule has 1 aromatic heterocycles. The third-order valence-electron chi connectivity index (χ3n) is 3.78. The van der Waals surface area contributed by atoms with Crippen LogP contribution in [0.2, 0.25) is 5.02 Å². The summed E-state index contributed by atoms with van der Waals surface area (Å²) in [6, 6.07) is 16.8. The van der Waals surface area contributed by atoms with Crippen molar-refractivity contribution in [3.63, 3.8) is 0 Å². The lowest BCUT2D eigenvalue weighted by atomic mass is 10.2. The minimum atomic E-state index is 0.253. The van der Waals surface area contributed by atoms with Crippen LogP contribution in [0, 0.1) is 0 Å². The van der Waals surface area contributed by atoms with E-state index in [2.05, 4.69) is 48.0 Å². The second-order valence-electron chi connectivity index (χ2n) is 5.50. The summed E-state index contributed by atoms with van der Waals surface area (Å²) in [7, 11) is 1.95. The van der Waals surface area contributed by atoms with Gasteiger partial charge < -0.3 is 5.32 Å². The van der Waals surface area contributed by atoms with Crippen LogP contribution in [-0.4, -0.2) is 12.0 Å². The summed E-state index contributed by atoms with van der Waals surface area (Å²) in [5.41, 5.74) is 3.41. The largest absolute Gasteiger partial charge is 0.311 e. The maximum absolute atomic E-state index is 6.23. The fraction of sp³-hybridized carbons (Fsp3) is 0.211. The van der Waals surface area contributed by atoms with Crippen LogP contribution in [-0.2, 0) is 5.75 Å². The van der Waals surface area contributed by atoms with Gasteiger partial charge in [0, 0.05) is 26.6 Å². The molecule has 24 heavy (non-hydrogen) atoms. The molecule has 3 rings (SSSR count). The number of aromatic nitrogens is 1. The van der Waals surface area contributed by atoms with Crippen molar-refractivity contribution in [2.24, 2.45) is 0 Å². The zero-order valence-corrected chi connectivity index (χ0v) is 16.0. The summed E-state index contributed by atoms with van der Waals surface area (Å²) in [5.74, 6) is 0.930. The molecule has 0 fully saturated rings. The van der Waals surface area contributed by atoms with Crippen molar-refractivity contribution in [1.29, 1.82) is 0 Å². The minimum absolute atomic E-state index is 0.253. The highest BCUT2D eigenvalue weighted by Gasteiger charge is 2.13. The van der Waals surface area contributed by atoms with E-state index < -0.39 is 0 Å². The molecule has 0 amide bonds. The third kappa shape index (κ3) is 4.19. The Morgan fingerprint density at radius 2 is 2.00 bits per heavy atom. The molecule has 5 heteroatoms. The zero-order valence-electron chi connectivity index (χ0n) is 13.6. The molecule has 2 aromatic carbocycles. The molecular formula is C19H19ClN2S2. The molecular weight excluding hydrogens is 356 g/mol. The normalized spacial score (nSPS) is 12.3. The van der Waals surface area contributed by atoms with Gasteiger partial charge in [-0.2, -0.15) is 0 Å². The first-order valence-electron chi connectivity index (χ1n) is 7.76. The van der Waals surface area contributed by atoms with E-state index in [1.54, 1.807) is 11.3 Å². The fourth-order valence-electron chi connectivity index (χ4n) is 2.30. The Morgan fingerprint density at radius 1 is 1.21 bits per heavy atom. The molecule has 0 radical (unpaired) electrons. The van der Waals surface area contributed by atoms with Crippen LogP contribution in [0.3, 0.4) is 0 Å². The quantitative estimate of drug-likeness (QED) is 0.532. The van der Waals surface area contributed by atoms with Crippen LogP contribution < -0.4 is 5.32 Å². The number of thiazole rings is 1. The van der Waals surface area contributed by atoms with E-state index in [1.165, 1.54) is 10.5 Å². The van der Waals surface area contributed by atoms with Crippen LogP contribution in [0.15, 0.2) is 58.8 Å². The maximum atomic E-state index is 6.23. The molecule has 2 nitrogen and oxygen atoms in total. The first-order valence-corrected chi connectivity index (χ1v) is 10.0. The lowest BCUT2D eigenvalue weighted by molar-refractivity contribution is 0.648. The van der Waals surface area contributed by atoms with Crippen LogP contribution in [0.1, 0.15) is 23.5 Å². The molecule has 0 spiro atoms. The topological polar surface area (TPSA) is 24.9 Å². The van der Waals surface area contributed by atoms with Gasteiger partial charge in [-0.15, -0.1) is 23.1 Å².